The number of carbonyl (C=O) groups is 2. The minimum Gasteiger partial charge on any atom is -0.465 e. The van der Waals surface area contributed by atoms with Gasteiger partial charge in [-0.3, -0.25) is 4.79 Å². The minimum absolute atomic E-state index is 0.0121. The van der Waals surface area contributed by atoms with Crippen LogP contribution in [0.15, 0.2) is 12.7 Å². The molecule has 0 heterocycles. The van der Waals surface area contributed by atoms with E-state index in [-0.39, 0.29) is 11.9 Å². The maximum atomic E-state index is 12.5. The second kappa shape index (κ2) is 14.9. The van der Waals surface area contributed by atoms with Crippen molar-refractivity contribution >= 4 is 11.9 Å². The van der Waals surface area contributed by atoms with Gasteiger partial charge in [0, 0.05) is 12.5 Å². The Hall–Kier alpha value is -1.32. The molecule has 194 valence electrons. The first kappa shape index (κ1) is 27.3. The van der Waals surface area contributed by atoms with Gasteiger partial charge in [-0.1, -0.05) is 52.0 Å². The van der Waals surface area contributed by atoms with Gasteiger partial charge in [-0.2, -0.15) is 0 Å². The molecule has 0 radical (unpaired) electrons. The number of hydrogen-bond donors (Lipinski definition) is 0. The van der Waals surface area contributed by atoms with Crippen molar-refractivity contribution in [3.63, 3.8) is 0 Å². The molecule has 3 aliphatic carbocycles. The van der Waals surface area contributed by atoms with E-state index < -0.39 is 0 Å². The Balaban J connectivity index is 1.23. The molecule has 0 bridgehead atoms. The topological polar surface area (TPSA) is 52.6 Å². The van der Waals surface area contributed by atoms with Crippen LogP contribution in [0.25, 0.3) is 0 Å². The zero-order chi connectivity index (χ0) is 24.2. The van der Waals surface area contributed by atoms with Crippen LogP contribution in [0.1, 0.15) is 116 Å². The fraction of sp³-hybridized carbons (Fsp3) is 0.867. The Bertz CT molecular complexity index is 605. The third-order valence-corrected chi connectivity index (χ3v) is 9.20. The molecule has 0 saturated heterocycles. The molecule has 3 rings (SSSR count). The molecule has 0 unspecified atom stereocenters. The van der Waals surface area contributed by atoms with Crippen molar-refractivity contribution in [3.8, 4) is 0 Å². The SMILES string of the molecule is C=CC(=O)OCC1CCC(COC(=O)CC2CCC(C3CCC(CCCCC)CC3)CC2)CC1. The van der Waals surface area contributed by atoms with E-state index in [4.69, 9.17) is 9.47 Å². The highest BCUT2D eigenvalue weighted by Crippen LogP contribution is 2.43. The largest absolute Gasteiger partial charge is 0.465 e. The van der Waals surface area contributed by atoms with Gasteiger partial charge in [0.05, 0.1) is 13.2 Å². The monoisotopic (exact) mass is 474 g/mol. The number of ether oxygens (including phenoxy) is 2. The fourth-order valence-electron chi connectivity index (χ4n) is 6.82. The Morgan fingerprint density at radius 3 is 1.74 bits per heavy atom. The van der Waals surface area contributed by atoms with E-state index in [2.05, 4.69) is 13.5 Å². The summed E-state index contributed by atoms with van der Waals surface area (Å²) in [5.74, 6) is 3.96. The summed E-state index contributed by atoms with van der Waals surface area (Å²) in [6.07, 6.45) is 22.5. The molecule has 0 spiro atoms. The van der Waals surface area contributed by atoms with Crippen LogP contribution in [0.3, 0.4) is 0 Å². The minimum atomic E-state index is -0.338. The highest BCUT2D eigenvalue weighted by Gasteiger charge is 2.31. The maximum Gasteiger partial charge on any atom is 0.330 e. The van der Waals surface area contributed by atoms with Gasteiger partial charge in [0.25, 0.3) is 0 Å². The molecule has 34 heavy (non-hydrogen) atoms. The fourth-order valence-corrected chi connectivity index (χ4v) is 6.82. The molecule has 0 N–H and O–H groups in total. The molecule has 0 aromatic carbocycles. The summed E-state index contributed by atoms with van der Waals surface area (Å²) in [5.41, 5.74) is 0. The number of carbonyl (C=O) groups excluding carboxylic acids is 2. The normalized spacial score (nSPS) is 32.0. The van der Waals surface area contributed by atoms with Crippen LogP contribution in [-0.2, 0) is 19.1 Å². The molecule has 0 aliphatic heterocycles. The lowest BCUT2D eigenvalue weighted by molar-refractivity contribution is -0.147. The van der Waals surface area contributed by atoms with Crippen molar-refractivity contribution in [2.45, 2.75) is 116 Å². The molecule has 0 atom stereocenters. The van der Waals surface area contributed by atoms with Crippen LogP contribution in [0.2, 0.25) is 0 Å². The highest BCUT2D eigenvalue weighted by atomic mass is 16.5. The van der Waals surface area contributed by atoms with Gasteiger partial charge in [-0.05, 0) is 99.7 Å². The second-order valence-electron chi connectivity index (χ2n) is 11.7. The summed E-state index contributed by atoms with van der Waals surface area (Å²) in [4.78, 5) is 23.7. The number of esters is 2. The van der Waals surface area contributed by atoms with Gasteiger partial charge in [0.2, 0.25) is 0 Å². The Kier molecular flexibility index (Phi) is 12.0. The van der Waals surface area contributed by atoms with Crippen LogP contribution in [0, 0.1) is 35.5 Å². The predicted octanol–water partition coefficient (Wildman–Crippen LogP) is 7.65. The quantitative estimate of drug-likeness (QED) is 0.166. The van der Waals surface area contributed by atoms with Gasteiger partial charge >= 0.3 is 11.9 Å². The van der Waals surface area contributed by atoms with Crippen molar-refractivity contribution in [3.05, 3.63) is 12.7 Å². The summed E-state index contributed by atoms with van der Waals surface area (Å²) >= 11 is 0. The van der Waals surface area contributed by atoms with E-state index in [1.807, 2.05) is 0 Å². The first-order valence-electron chi connectivity index (χ1n) is 14.5. The van der Waals surface area contributed by atoms with Gasteiger partial charge in [-0.15, -0.1) is 0 Å². The summed E-state index contributed by atoms with van der Waals surface area (Å²) in [6.45, 7) is 6.78. The van der Waals surface area contributed by atoms with Gasteiger partial charge < -0.3 is 9.47 Å². The van der Waals surface area contributed by atoms with Crippen LogP contribution >= 0.6 is 0 Å². The molecule has 0 aromatic rings. The number of hydrogen-bond acceptors (Lipinski definition) is 4. The Labute approximate surface area is 208 Å². The molecule has 4 nitrogen and oxygen atoms in total. The third kappa shape index (κ3) is 9.38. The standard InChI is InChI=1S/C30H50O4/c1-3-5-6-7-23-12-16-27(17-13-23)28-18-14-24(15-19-28)20-30(32)34-22-26-10-8-25(9-11-26)21-33-29(31)4-2/h4,23-28H,2-3,5-22H2,1H3. The molecule has 4 heteroatoms. The molecule has 3 saturated carbocycles. The van der Waals surface area contributed by atoms with Crippen molar-refractivity contribution in [2.75, 3.05) is 13.2 Å². The lowest BCUT2D eigenvalue weighted by Gasteiger charge is -2.37. The van der Waals surface area contributed by atoms with E-state index in [1.54, 1.807) is 0 Å². The van der Waals surface area contributed by atoms with Crippen molar-refractivity contribution in [1.29, 1.82) is 0 Å². The van der Waals surface area contributed by atoms with Crippen molar-refractivity contribution in [2.24, 2.45) is 35.5 Å². The zero-order valence-electron chi connectivity index (χ0n) is 21.8. The van der Waals surface area contributed by atoms with Gasteiger partial charge in [0.15, 0.2) is 0 Å². The van der Waals surface area contributed by atoms with Crippen molar-refractivity contribution in [1.82, 2.24) is 0 Å². The first-order chi connectivity index (χ1) is 16.6. The predicted molar refractivity (Wildman–Crippen MR) is 137 cm³/mol. The maximum absolute atomic E-state index is 12.5. The van der Waals surface area contributed by atoms with Gasteiger partial charge in [0.1, 0.15) is 0 Å². The average molecular weight is 475 g/mol. The first-order valence-corrected chi connectivity index (χ1v) is 14.5. The molecule has 0 amide bonds. The average Bonchev–Trinajstić information content (AvgIpc) is 2.87. The molecule has 0 aromatic heterocycles. The summed E-state index contributed by atoms with van der Waals surface area (Å²) in [5, 5.41) is 0. The molecule has 3 aliphatic rings. The van der Waals surface area contributed by atoms with Crippen LogP contribution in [-0.4, -0.2) is 25.2 Å². The Morgan fingerprint density at radius 1 is 0.706 bits per heavy atom. The second-order valence-corrected chi connectivity index (χ2v) is 11.7. The van der Waals surface area contributed by atoms with E-state index >= 15 is 0 Å². The third-order valence-electron chi connectivity index (χ3n) is 9.20. The van der Waals surface area contributed by atoms with Crippen LogP contribution < -0.4 is 0 Å². The van der Waals surface area contributed by atoms with E-state index in [1.165, 1.54) is 83.1 Å². The Morgan fingerprint density at radius 2 is 1.21 bits per heavy atom. The lowest BCUT2D eigenvalue weighted by atomic mass is 9.68. The van der Waals surface area contributed by atoms with E-state index in [0.29, 0.717) is 37.4 Å². The zero-order valence-corrected chi connectivity index (χ0v) is 21.8. The van der Waals surface area contributed by atoms with Crippen molar-refractivity contribution < 1.29 is 19.1 Å². The van der Waals surface area contributed by atoms with Gasteiger partial charge in [-0.25, -0.2) is 4.79 Å². The summed E-state index contributed by atoms with van der Waals surface area (Å²) in [6, 6.07) is 0. The summed E-state index contributed by atoms with van der Waals surface area (Å²) < 4.78 is 10.9. The van der Waals surface area contributed by atoms with Crippen LogP contribution in [0.5, 0.6) is 0 Å². The number of rotatable bonds is 12. The van der Waals surface area contributed by atoms with Crippen LogP contribution in [0.4, 0.5) is 0 Å². The molecular formula is C30H50O4. The van der Waals surface area contributed by atoms with E-state index in [9.17, 15) is 9.59 Å². The highest BCUT2D eigenvalue weighted by molar-refractivity contribution is 5.81. The summed E-state index contributed by atoms with van der Waals surface area (Å²) in [7, 11) is 0. The molecule has 3 fully saturated rings. The molecular weight excluding hydrogens is 424 g/mol. The smallest absolute Gasteiger partial charge is 0.330 e. The lowest BCUT2D eigenvalue weighted by Crippen LogP contribution is -2.27. The van der Waals surface area contributed by atoms with E-state index in [0.717, 1.165) is 43.4 Å². The number of unbranched alkanes of at least 4 members (excludes halogenated alkanes) is 2.